The molecule has 3 rings (SSSR count). The molecule has 0 radical (unpaired) electrons. The van der Waals surface area contributed by atoms with E-state index in [4.69, 9.17) is 0 Å². The molecule has 5 nitrogen and oxygen atoms in total. The van der Waals surface area contributed by atoms with Crippen molar-refractivity contribution in [2.24, 2.45) is 0 Å². The lowest BCUT2D eigenvalue weighted by molar-refractivity contribution is -0.384. The Balaban J connectivity index is 2.10. The molecule has 0 fully saturated rings. The third-order valence-corrected chi connectivity index (χ3v) is 3.67. The summed E-state index contributed by atoms with van der Waals surface area (Å²) in [6, 6.07) is 13.9. The second kappa shape index (κ2) is 5.44. The SMILES string of the molecule is CCN1C(=O)/C(=C\c2cccc([N+](=O)[O-])c2)c2ccccc21. The number of likely N-dealkylation sites (N-methyl/N-ethyl adjacent to an activating group) is 1. The lowest BCUT2D eigenvalue weighted by atomic mass is 10.0. The maximum Gasteiger partial charge on any atom is 0.270 e. The smallest absolute Gasteiger partial charge is 0.270 e. The molecule has 1 aliphatic rings. The van der Waals surface area contributed by atoms with Crippen LogP contribution in [0, 0.1) is 10.1 Å². The summed E-state index contributed by atoms with van der Waals surface area (Å²) in [6.07, 6.45) is 1.71. The summed E-state index contributed by atoms with van der Waals surface area (Å²) in [6.45, 7) is 2.51. The largest absolute Gasteiger partial charge is 0.308 e. The molecule has 1 amide bonds. The number of para-hydroxylation sites is 1. The number of nitro groups is 1. The topological polar surface area (TPSA) is 63.5 Å². The maximum absolute atomic E-state index is 12.5. The maximum atomic E-state index is 12.5. The molecule has 0 N–H and O–H groups in total. The van der Waals surface area contributed by atoms with Gasteiger partial charge in [-0.05, 0) is 24.6 Å². The van der Waals surface area contributed by atoms with Crippen LogP contribution < -0.4 is 4.90 Å². The third kappa shape index (κ3) is 2.26. The minimum absolute atomic E-state index is 0.0143. The Kier molecular flexibility index (Phi) is 3.47. The Hall–Kier alpha value is -2.95. The van der Waals surface area contributed by atoms with Gasteiger partial charge in [0.2, 0.25) is 0 Å². The Morgan fingerprint density at radius 2 is 1.95 bits per heavy atom. The van der Waals surface area contributed by atoms with Crippen LogP contribution in [0.2, 0.25) is 0 Å². The molecule has 0 aromatic heterocycles. The fraction of sp³-hybridized carbons (Fsp3) is 0.118. The number of rotatable bonds is 3. The Morgan fingerprint density at radius 3 is 2.68 bits per heavy atom. The number of fused-ring (bicyclic) bond motifs is 1. The van der Waals surface area contributed by atoms with Crippen molar-refractivity contribution in [1.82, 2.24) is 0 Å². The van der Waals surface area contributed by atoms with E-state index in [0.29, 0.717) is 17.7 Å². The molecule has 2 aromatic carbocycles. The summed E-state index contributed by atoms with van der Waals surface area (Å²) in [7, 11) is 0. The third-order valence-electron chi connectivity index (χ3n) is 3.67. The quantitative estimate of drug-likeness (QED) is 0.494. The van der Waals surface area contributed by atoms with Gasteiger partial charge in [0.05, 0.1) is 10.6 Å². The van der Waals surface area contributed by atoms with Crippen molar-refractivity contribution in [1.29, 1.82) is 0 Å². The minimum atomic E-state index is -0.440. The van der Waals surface area contributed by atoms with Crippen LogP contribution in [-0.4, -0.2) is 17.4 Å². The molecular formula is C17H14N2O3. The Bertz CT molecular complexity index is 796. The van der Waals surface area contributed by atoms with Gasteiger partial charge < -0.3 is 4.90 Å². The van der Waals surface area contributed by atoms with Crippen molar-refractivity contribution >= 4 is 28.9 Å². The van der Waals surface area contributed by atoms with Gasteiger partial charge in [-0.1, -0.05) is 30.3 Å². The van der Waals surface area contributed by atoms with Crippen molar-refractivity contribution < 1.29 is 9.72 Å². The number of hydrogen-bond acceptors (Lipinski definition) is 3. The average Bonchev–Trinajstić information content (AvgIpc) is 2.80. The van der Waals surface area contributed by atoms with Crippen LogP contribution in [0.4, 0.5) is 11.4 Å². The summed E-state index contributed by atoms with van der Waals surface area (Å²) in [5, 5.41) is 10.9. The van der Waals surface area contributed by atoms with Gasteiger partial charge in [-0.15, -0.1) is 0 Å². The molecule has 1 heterocycles. The van der Waals surface area contributed by atoms with Crippen LogP contribution in [0.15, 0.2) is 48.5 Å². The van der Waals surface area contributed by atoms with Gasteiger partial charge in [0.25, 0.3) is 11.6 Å². The zero-order valence-electron chi connectivity index (χ0n) is 12.0. The van der Waals surface area contributed by atoms with Crippen molar-refractivity contribution in [3.63, 3.8) is 0 Å². The van der Waals surface area contributed by atoms with Gasteiger partial charge in [-0.25, -0.2) is 0 Å². The first-order chi connectivity index (χ1) is 10.6. The summed E-state index contributed by atoms with van der Waals surface area (Å²) >= 11 is 0. The van der Waals surface area contributed by atoms with Gasteiger partial charge in [0, 0.05) is 29.8 Å². The second-order valence-electron chi connectivity index (χ2n) is 4.98. The number of nitro benzene ring substituents is 1. The first-order valence-corrected chi connectivity index (χ1v) is 6.99. The molecule has 0 unspecified atom stereocenters. The lowest BCUT2D eigenvalue weighted by Crippen LogP contribution is -2.25. The van der Waals surface area contributed by atoms with Gasteiger partial charge in [-0.2, -0.15) is 0 Å². The molecule has 0 atom stereocenters. The van der Waals surface area contributed by atoms with Gasteiger partial charge in [0.15, 0.2) is 0 Å². The highest BCUT2D eigenvalue weighted by molar-refractivity contribution is 6.35. The fourth-order valence-electron chi connectivity index (χ4n) is 2.66. The number of carbonyl (C=O) groups excluding carboxylic acids is 1. The van der Waals surface area contributed by atoms with Crippen LogP contribution in [0.3, 0.4) is 0 Å². The van der Waals surface area contributed by atoms with Gasteiger partial charge in [-0.3, -0.25) is 14.9 Å². The van der Waals surface area contributed by atoms with Crippen LogP contribution in [0.1, 0.15) is 18.1 Å². The predicted octanol–water partition coefficient (Wildman–Crippen LogP) is 3.50. The highest BCUT2D eigenvalue weighted by atomic mass is 16.6. The molecule has 22 heavy (non-hydrogen) atoms. The van der Waals surface area contributed by atoms with Crippen LogP contribution in [-0.2, 0) is 4.79 Å². The van der Waals surface area contributed by atoms with E-state index in [1.54, 1.807) is 23.1 Å². The zero-order chi connectivity index (χ0) is 15.7. The van der Waals surface area contributed by atoms with E-state index in [1.165, 1.54) is 12.1 Å². The number of non-ortho nitro benzene ring substituents is 1. The molecule has 0 saturated carbocycles. The standard InChI is InChI=1S/C17H14N2O3/c1-2-18-16-9-4-3-8-14(16)15(17(18)20)11-12-6-5-7-13(10-12)19(21)22/h3-11H,2H2,1H3/b15-11-. The number of carbonyl (C=O) groups is 1. The summed E-state index contributed by atoms with van der Waals surface area (Å²) < 4.78 is 0. The van der Waals surface area contributed by atoms with Crippen molar-refractivity contribution in [2.75, 3.05) is 11.4 Å². The predicted molar refractivity (Wildman–Crippen MR) is 85.4 cm³/mol. The van der Waals surface area contributed by atoms with Crippen LogP contribution in [0.25, 0.3) is 11.6 Å². The summed E-state index contributed by atoms with van der Waals surface area (Å²) in [4.78, 5) is 24.7. The first-order valence-electron chi connectivity index (χ1n) is 6.99. The van der Waals surface area contributed by atoms with E-state index in [1.807, 2.05) is 31.2 Å². The zero-order valence-corrected chi connectivity index (χ0v) is 12.0. The highest BCUT2D eigenvalue weighted by Gasteiger charge is 2.30. The van der Waals surface area contributed by atoms with Crippen molar-refractivity contribution in [3.8, 4) is 0 Å². The summed E-state index contributed by atoms with van der Waals surface area (Å²) in [5.41, 5.74) is 2.97. The van der Waals surface area contributed by atoms with E-state index in [0.717, 1.165) is 11.3 Å². The Morgan fingerprint density at radius 1 is 1.18 bits per heavy atom. The molecular weight excluding hydrogens is 280 g/mol. The van der Waals surface area contributed by atoms with Gasteiger partial charge in [0.1, 0.15) is 0 Å². The number of anilines is 1. The van der Waals surface area contributed by atoms with E-state index in [2.05, 4.69) is 0 Å². The van der Waals surface area contributed by atoms with Crippen LogP contribution >= 0.6 is 0 Å². The minimum Gasteiger partial charge on any atom is -0.308 e. The monoisotopic (exact) mass is 294 g/mol. The van der Waals surface area contributed by atoms with Crippen molar-refractivity contribution in [3.05, 3.63) is 69.8 Å². The van der Waals surface area contributed by atoms with Crippen LogP contribution in [0.5, 0.6) is 0 Å². The number of hydrogen-bond donors (Lipinski definition) is 0. The molecule has 0 bridgehead atoms. The number of benzene rings is 2. The van der Waals surface area contributed by atoms with E-state index in [9.17, 15) is 14.9 Å². The normalized spacial score (nSPS) is 15.2. The average molecular weight is 294 g/mol. The number of amides is 1. The molecule has 0 saturated heterocycles. The molecule has 5 heteroatoms. The second-order valence-corrected chi connectivity index (χ2v) is 4.98. The Labute approximate surface area is 127 Å². The summed E-state index contributed by atoms with van der Waals surface area (Å²) in [5.74, 6) is -0.0739. The fourth-order valence-corrected chi connectivity index (χ4v) is 2.66. The molecule has 0 spiro atoms. The first kappa shape index (κ1) is 14.0. The van der Waals surface area contributed by atoms with Crippen molar-refractivity contribution in [2.45, 2.75) is 6.92 Å². The molecule has 0 aliphatic carbocycles. The number of nitrogens with zero attached hydrogens (tertiary/aromatic N) is 2. The van der Waals surface area contributed by atoms with Gasteiger partial charge >= 0.3 is 0 Å². The molecule has 110 valence electrons. The van der Waals surface area contributed by atoms with E-state index in [-0.39, 0.29) is 11.6 Å². The molecule has 2 aromatic rings. The molecule has 1 aliphatic heterocycles. The van der Waals surface area contributed by atoms with E-state index < -0.39 is 4.92 Å². The lowest BCUT2D eigenvalue weighted by Gasteiger charge is -2.13. The highest BCUT2D eigenvalue weighted by Crippen LogP contribution is 2.37. The van der Waals surface area contributed by atoms with E-state index >= 15 is 0 Å².